The van der Waals surface area contributed by atoms with Crippen molar-refractivity contribution in [2.75, 3.05) is 26.2 Å². The zero-order valence-corrected chi connectivity index (χ0v) is 11.4. The number of para-hydroxylation sites is 1. The van der Waals surface area contributed by atoms with Gasteiger partial charge in [-0.15, -0.1) is 0 Å². The average Bonchev–Trinajstić information content (AvgIpc) is 3.21. The predicted molar refractivity (Wildman–Crippen MR) is 75.3 cm³/mol. The largest absolute Gasteiger partial charge is 0.491 e. The summed E-state index contributed by atoms with van der Waals surface area (Å²) in [7, 11) is 0. The molecule has 1 aromatic carbocycles. The van der Waals surface area contributed by atoms with Crippen molar-refractivity contribution < 1.29 is 9.53 Å². The third kappa shape index (κ3) is 5.30. The van der Waals surface area contributed by atoms with Crippen molar-refractivity contribution >= 4 is 5.91 Å². The molecule has 1 aromatic rings. The number of amides is 1. The molecule has 0 heterocycles. The minimum Gasteiger partial charge on any atom is -0.491 e. The number of rotatable bonds is 8. The summed E-state index contributed by atoms with van der Waals surface area (Å²) in [6.07, 6.45) is 2.61. The Bertz CT molecular complexity index is 416. The van der Waals surface area contributed by atoms with E-state index in [1.807, 2.05) is 31.2 Å². The Hall–Kier alpha value is -1.55. The standard InChI is InChI=1S/C15H22N2O2/c1-12-4-2-3-5-14(12)19-9-8-17-15(18)11-16-10-13-6-7-13/h2-5,13,16H,6-11H2,1H3,(H,17,18). The van der Waals surface area contributed by atoms with Crippen LogP contribution in [0.5, 0.6) is 5.75 Å². The van der Waals surface area contributed by atoms with Gasteiger partial charge in [0.15, 0.2) is 0 Å². The van der Waals surface area contributed by atoms with Crippen molar-refractivity contribution in [3.05, 3.63) is 29.8 Å². The van der Waals surface area contributed by atoms with Gasteiger partial charge >= 0.3 is 0 Å². The molecule has 19 heavy (non-hydrogen) atoms. The van der Waals surface area contributed by atoms with Crippen LogP contribution in [0.2, 0.25) is 0 Å². The van der Waals surface area contributed by atoms with Crippen LogP contribution in [0.1, 0.15) is 18.4 Å². The quantitative estimate of drug-likeness (QED) is 0.698. The maximum atomic E-state index is 11.5. The van der Waals surface area contributed by atoms with Crippen LogP contribution in [0.15, 0.2) is 24.3 Å². The van der Waals surface area contributed by atoms with Crippen molar-refractivity contribution in [3.8, 4) is 5.75 Å². The van der Waals surface area contributed by atoms with Gasteiger partial charge in [0.05, 0.1) is 13.1 Å². The Morgan fingerprint density at radius 3 is 2.89 bits per heavy atom. The maximum absolute atomic E-state index is 11.5. The number of ether oxygens (including phenoxy) is 1. The number of carbonyl (C=O) groups is 1. The average molecular weight is 262 g/mol. The molecule has 1 aliphatic carbocycles. The second-order valence-electron chi connectivity index (χ2n) is 5.04. The Kier molecular flexibility index (Phi) is 5.21. The Balaban J connectivity index is 1.53. The summed E-state index contributed by atoms with van der Waals surface area (Å²) < 4.78 is 5.60. The molecule has 1 fully saturated rings. The van der Waals surface area contributed by atoms with Gasteiger partial charge in [-0.25, -0.2) is 0 Å². The summed E-state index contributed by atoms with van der Waals surface area (Å²) in [5.41, 5.74) is 1.11. The Labute approximate surface area is 114 Å². The fraction of sp³-hybridized carbons (Fsp3) is 0.533. The number of carbonyl (C=O) groups excluding carboxylic acids is 1. The topological polar surface area (TPSA) is 50.4 Å². The first-order chi connectivity index (χ1) is 9.25. The summed E-state index contributed by atoms with van der Waals surface area (Å²) in [5.74, 6) is 1.72. The lowest BCUT2D eigenvalue weighted by atomic mass is 10.2. The van der Waals surface area contributed by atoms with Crippen molar-refractivity contribution in [1.29, 1.82) is 0 Å². The van der Waals surface area contributed by atoms with Crippen LogP contribution in [0.25, 0.3) is 0 Å². The van der Waals surface area contributed by atoms with E-state index in [1.165, 1.54) is 12.8 Å². The van der Waals surface area contributed by atoms with E-state index in [-0.39, 0.29) is 5.91 Å². The first-order valence-corrected chi connectivity index (χ1v) is 6.91. The second-order valence-corrected chi connectivity index (χ2v) is 5.04. The van der Waals surface area contributed by atoms with Crippen LogP contribution in [0.4, 0.5) is 0 Å². The van der Waals surface area contributed by atoms with Gasteiger partial charge < -0.3 is 15.4 Å². The molecule has 0 bridgehead atoms. The van der Waals surface area contributed by atoms with Gasteiger partial charge in [-0.1, -0.05) is 18.2 Å². The molecule has 0 unspecified atom stereocenters. The highest BCUT2D eigenvalue weighted by Gasteiger charge is 2.20. The van der Waals surface area contributed by atoms with Crippen LogP contribution in [0.3, 0.4) is 0 Å². The van der Waals surface area contributed by atoms with Crippen LogP contribution in [-0.2, 0) is 4.79 Å². The molecule has 2 N–H and O–H groups in total. The molecule has 0 spiro atoms. The highest BCUT2D eigenvalue weighted by molar-refractivity contribution is 5.77. The molecular weight excluding hydrogens is 240 g/mol. The molecule has 0 saturated heterocycles. The molecule has 1 amide bonds. The van der Waals surface area contributed by atoms with Gasteiger partial charge in [0.2, 0.25) is 5.91 Å². The zero-order valence-electron chi connectivity index (χ0n) is 11.4. The van der Waals surface area contributed by atoms with Gasteiger partial charge in [-0.05, 0) is 43.9 Å². The van der Waals surface area contributed by atoms with Gasteiger partial charge in [0.1, 0.15) is 12.4 Å². The fourth-order valence-corrected chi connectivity index (χ4v) is 1.84. The van der Waals surface area contributed by atoms with Crippen LogP contribution in [0, 0.1) is 12.8 Å². The molecule has 104 valence electrons. The second kappa shape index (κ2) is 7.14. The number of aryl methyl sites for hydroxylation is 1. The monoisotopic (exact) mass is 262 g/mol. The van der Waals surface area contributed by atoms with Crippen molar-refractivity contribution in [1.82, 2.24) is 10.6 Å². The van der Waals surface area contributed by atoms with Crippen LogP contribution >= 0.6 is 0 Å². The molecule has 0 radical (unpaired) electrons. The Morgan fingerprint density at radius 1 is 1.37 bits per heavy atom. The lowest BCUT2D eigenvalue weighted by molar-refractivity contribution is -0.120. The van der Waals surface area contributed by atoms with E-state index in [2.05, 4.69) is 10.6 Å². The molecule has 0 atom stereocenters. The van der Waals surface area contributed by atoms with E-state index >= 15 is 0 Å². The molecule has 4 heteroatoms. The summed E-state index contributed by atoms with van der Waals surface area (Å²) in [6, 6.07) is 7.88. The number of hydrogen-bond donors (Lipinski definition) is 2. The lowest BCUT2D eigenvalue weighted by Crippen LogP contribution is -2.36. The number of nitrogens with one attached hydrogen (secondary N) is 2. The van der Waals surface area contributed by atoms with Crippen molar-refractivity contribution in [2.45, 2.75) is 19.8 Å². The van der Waals surface area contributed by atoms with E-state index in [9.17, 15) is 4.79 Å². The van der Waals surface area contributed by atoms with Crippen molar-refractivity contribution in [3.63, 3.8) is 0 Å². The van der Waals surface area contributed by atoms with Gasteiger partial charge in [-0.3, -0.25) is 4.79 Å². The molecule has 0 aliphatic heterocycles. The molecule has 0 aromatic heterocycles. The molecule has 4 nitrogen and oxygen atoms in total. The van der Waals surface area contributed by atoms with E-state index < -0.39 is 0 Å². The minimum atomic E-state index is 0.0361. The first kappa shape index (κ1) is 13.9. The van der Waals surface area contributed by atoms with Gasteiger partial charge in [0, 0.05) is 0 Å². The summed E-state index contributed by atoms with van der Waals surface area (Å²) >= 11 is 0. The van der Waals surface area contributed by atoms with Crippen molar-refractivity contribution in [2.24, 2.45) is 5.92 Å². The molecule has 2 rings (SSSR count). The van der Waals surface area contributed by atoms with E-state index in [0.717, 1.165) is 23.8 Å². The van der Waals surface area contributed by atoms with Gasteiger partial charge in [-0.2, -0.15) is 0 Å². The highest BCUT2D eigenvalue weighted by atomic mass is 16.5. The first-order valence-electron chi connectivity index (χ1n) is 6.91. The van der Waals surface area contributed by atoms with E-state index in [1.54, 1.807) is 0 Å². The zero-order chi connectivity index (χ0) is 13.5. The third-order valence-electron chi connectivity index (χ3n) is 3.19. The highest BCUT2D eigenvalue weighted by Crippen LogP contribution is 2.27. The summed E-state index contributed by atoms with van der Waals surface area (Å²) in [5, 5.41) is 6.00. The minimum absolute atomic E-state index is 0.0361. The smallest absolute Gasteiger partial charge is 0.234 e. The number of benzene rings is 1. The molecular formula is C15H22N2O2. The molecule has 1 aliphatic rings. The van der Waals surface area contributed by atoms with E-state index in [0.29, 0.717) is 19.7 Å². The third-order valence-corrected chi connectivity index (χ3v) is 3.19. The predicted octanol–water partition coefficient (Wildman–Crippen LogP) is 1.49. The maximum Gasteiger partial charge on any atom is 0.234 e. The lowest BCUT2D eigenvalue weighted by Gasteiger charge is -2.10. The van der Waals surface area contributed by atoms with Crippen LogP contribution < -0.4 is 15.4 Å². The SMILES string of the molecule is Cc1ccccc1OCCNC(=O)CNCC1CC1. The summed E-state index contributed by atoms with van der Waals surface area (Å²) in [6.45, 7) is 4.42. The number of hydrogen-bond acceptors (Lipinski definition) is 3. The normalized spacial score (nSPS) is 14.2. The Morgan fingerprint density at radius 2 is 2.16 bits per heavy atom. The summed E-state index contributed by atoms with van der Waals surface area (Å²) in [4.78, 5) is 11.5. The van der Waals surface area contributed by atoms with Crippen LogP contribution in [-0.4, -0.2) is 32.1 Å². The van der Waals surface area contributed by atoms with E-state index in [4.69, 9.17) is 4.74 Å². The fourth-order valence-electron chi connectivity index (χ4n) is 1.84. The van der Waals surface area contributed by atoms with Gasteiger partial charge in [0.25, 0.3) is 0 Å². The molecule has 1 saturated carbocycles.